The van der Waals surface area contributed by atoms with E-state index in [0.29, 0.717) is 13.0 Å². The Labute approximate surface area is 137 Å². The largest absolute Gasteiger partial charge is 0.490 e. The molecule has 21 heavy (non-hydrogen) atoms. The highest BCUT2D eigenvalue weighted by Crippen LogP contribution is 2.29. The van der Waals surface area contributed by atoms with Crippen molar-refractivity contribution >= 4 is 15.9 Å². The lowest BCUT2D eigenvalue weighted by atomic mass is 10.0. The molecule has 0 saturated carbocycles. The summed E-state index contributed by atoms with van der Waals surface area (Å²) in [6.45, 7) is 13.2. The standard InChI is InChI=1S/C17H28BrNO2/c1-7-17(6,20)11-21-15-12(2)8-14(18)9-13(15)10-19-16(3,4)5/h8-9,19-20H,7,10-11H2,1-6H3. The van der Waals surface area contributed by atoms with Crippen LogP contribution in [-0.2, 0) is 6.54 Å². The zero-order valence-electron chi connectivity index (χ0n) is 14.0. The Morgan fingerprint density at radius 1 is 1.24 bits per heavy atom. The second-order valence-corrected chi connectivity index (χ2v) is 7.87. The molecule has 0 aliphatic heterocycles. The summed E-state index contributed by atoms with van der Waals surface area (Å²) >= 11 is 3.54. The number of hydrogen-bond donors (Lipinski definition) is 2. The summed E-state index contributed by atoms with van der Waals surface area (Å²) in [5, 5.41) is 13.6. The van der Waals surface area contributed by atoms with Gasteiger partial charge in [0.05, 0.1) is 5.60 Å². The third-order valence-electron chi connectivity index (χ3n) is 3.41. The van der Waals surface area contributed by atoms with Crippen LogP contribution in [0.25, 0.3) is 0 Å². The molecular weight excluding hydrogens is 330 g/mol. The maximum absolute atomic E-state index is 10.1. The highest BCUT2D eigenvalue weighted by atomic mass is 79.9. The summed E-state index contributed by atoms with van der Waals surface area (Å²) < 4.78 is 6.97. The number of aryl methyl sites for hydroxylation is 1. The summed E-state index contributed by atoms with van der Waals surface area (Å²) in [6, 6.07) is 4.11. The van der Waals surface area contributed by atoms with E-state index in [1.807, 2.05) is 19.9 Å². The quantitative estimate of drug-likeness (QED) is 0.801. The molecule has 1 unspecified atom stereocenters. The summed E-state index contributed by atoms with van der Waals surface area (Å²) in [5.74, 6) is 0.865. The van der Waals surface area contributed by atoms with Crippen LogP contribution in [0, 0.1) is 6.92 Å². The molecule has 0 amide bonds. The zero-order valence-corrected chi connectivity index (χ0v) is 15.6. The number of halogens is 1. The van der Waals surface area contributed by atoms with E-state index in [0.717, 1.165) is 27.9 Å². The Hall–Kier alpha value is -0.580. The van der Waals surface area contributed by atoms with Gasteiger partial charge in [-0.15, -0.1) is 0 Å². The van der Waals surface area contributed by atoms with Crippen LogP contribution in [0.1, 0.15) is 52.2 Å². The fourth-order valence-corrected chi connectivity index (χ4v) is 2.45. The van der Waals surface area contributed by atoms with E-state index in [-0.39, 0.29) is 5.54 Å². The number of hydrogen-bond acceptors (Lipinski definition) is 3. The minimum absolute atomic E-state index is 0.0441. The van der Waals surface area contributed by atoms with Crippen LogP contribution >= 0.6 is 15.9 Å². The first-order chi connectivity index (χ1) is 9.54. The molecule has 120 valence electrons. The van der Waals surface area contributed by atoms with Crippen molar-refractivity contribution in [3.8, 4) is 5.75 Å². The highest BCUT2D eigenvalue weighted by Gasteiger charge is 2.20. The smallest absolute Gasteiger partial charge is 0.126 e. The summed E-state index contributed by atoms with van der Waals surface area (Å²) in [6.07, 6.45) is 0.665. The van der Waals surface area contributed by atoms with Crippen LogP contribution in [0.4, 0.5) is 0 Å². The Balaban J connectivity index is 2.95. The number of aliphatic hydroxyl groups is 1. The van der Waals surface area contributed by atoms with Gasteiger partial charge in [0.25, 0.3) is 0 Å². The van der Waals surface area contributed by atoms with E-state index in [1.165, 1.54) is 0 Å². The average Bonchev–Trinajstić information content (AvgIpc) is 2.34. The van der Waals surface area contributed by atoms with Gasteiger partial charge in [-0.05, 0) is 58.7 Å². The number of benzene rings is 1. The predicted octanol–water partition coefficient (Wildman–Crippen LogP) is 4.19. The van der Waals surface area contributed by atoms with Gasteiger partial charge in [-0.25, -0.2) is 0 Å². The van der Waals surface area contributed by atoms with Gasteiger partial charge in [-0.2, -0.15) is 0 Å². The van der Waals surface area contributed by atoms with E-state index in [9.17, 15) is 5.11 Å². The second-order valence-electron chi connectivity index (χ2n) is 6.95. The normalized spacial score (nSPS) is 14.9. The predicted molar refractivity (Wildman–Crippen MR) is 91.9 cm³/mol. The molecule has 0 saturated heterocycles. The lowest BCUT2D eigenvalue weighted by Crippen LogP contribution is -2.35. The second kappa shape index (κ2) is 7.12. The molecule has 0 bridgehead atoms. The van der Waals surface area contributed by atoms with Gasteiger partial charge in [0.2, 0.25) is 0 Å². The molecule has 1 rings (SSSR count). The molecule has 1 atom stereocenters. The third kappa shape index (κ3) is 6.37. The monoisotopic (exact) mass is 357 g/mol. The first-order valence-corrected chi connectivity index (χ1v) is 8.22. The highest BCUT2D eigenvalue weighted by molar-refractivity contribution is 9.10. The molecule has 0 spiro atoms. The first kappa shape index (κ1) is 18.5. The van der Waals surface area contributed by atoms with Crippen molar-refractivity contribution in [1.29, 1.82) is 0 Å². The van der Waals surface area contributed by atoms with E-state index in [1.54, 1.807) is 6.92 Å². The molecule has 0 radical (unpaired) electrons. The van der Waals surface area contributed by atoms with E-state index >= 15 is 0 Å². The van der Waals surface area contributed by atoms with Gasteiger partial charge in [-0.3, -0.25) is 0 Å². The Bertz CT molecular complexity index is 478. The lowest BCUT2D eigenvalue weighted by Gasteiger charge is -2.25. The van der Waals surface area contributed by atoms with E-state index in [4.69, 9.17) is 4.74 Å². The Kier molecular flexibility index (Phi) is 6.26. The minimum atomic E-state index is -0.797. The average molecular weight is 358 g/mol. The van der Waals surface area contributed by atoms with Crippen molar-refractivity contribution < 1.29 is 9.84 Å². The SMILES string of the molecule is CCC(C)(O)COc1c(C)cc(Br)cc1CNC(C)(C)C. The summed E-state index contributed by atoms with van der Waals surface area (Å²) in [5.41, 5.74) is 1.42. The van der Waals surface area contributed by atoms with Crippen LogP contribution in [-0.4, -0.2) is 22.9 Å². The first-order valence-electron chi connectivity index (χ1n) is 7.43. The van der Waals surface area contributed by atoms with Crippen LogP contribution < -0.4 is 10.1 Å². The van der Waals surface area contributed by atoms with Crippen molar-refractivity contribution in [3.63, 3.8) is 0 Å². The maximum atomic E-state index is 10.1. The van der Waals surface area contributed by atoms with Gasteiger partial charge >= 0.3 is 0 Å². The Morgan fingerprint density at radius 3 is 2.38 bits per heavy atom. The number of ether oxygens (including phenoxy) is 1. The van der Waals surface area contributed by atoms with Gasteiger partial charge in [-0.1, -0.05) is 22.9 Å². The minimum Gasteiger partial charge on any atom is -0.490 e. The lowest BCUT2D eigenvalue weighted by molar-refractivity contribution is 0.00793. The van der Waals surface area contributed by atoms with Gasteiger partial charge in [0, 0.05) is 22.1 Å². The maximum Gasteiger partial charge on any atom is 0.126 e. The third-order valence-corrected chi connectivity index (χ3v) is 3.87. The fourth-order valence-electron chi connectivity index (χ4n) is 1.83. The van der Waals surface area contributed by atoms with Gasteiger partial charge in [0.1, 0.15) is 12.4 Å². The molecule has 1 aromatic rings. The molecule has 0 aliphatic rings. The van der Waals surface area contributed by atoms with Gasteiger partial charge in [0.15, 0.2) is 0 Å². The van der Waals surface area contributed by atoms with Crippen molar-refractivity contribution in [2.24, 2.45) is 0 Å². The van der Waals surface area contributed by atoms with Crippen molar-refractivity contribution in [2.75, 3.05) is 6.61 Å². The molecular formula is C17H28BrNO2. The van der Waals surface area contributed by atoms with E-state index < -0.39 is 5.60 Å². The van der Waals surface area contributed by atoms with Crippen LogP contribution in [0.5, 0.6) is 5.75 Å². The van der Waals surface area contributed by atoms with Crippen LogP contribution in [0.3, 0.4) is 0 Å². The molecule has 2 N–H and O–H groups in total. The van der Waals surface area contributed by atoms with Crippen LogP contribution in [0.2, 0.25) is 0 Å². The van der Waals surface area contributed by atoms with Crippen molar-refractivity contribution in [2.45, 2.75) is 65.6 Å². The van der Waals surface area contributed by atoms with Gasteiger partial charge < -0.3 is 15.2 Å². The van der Waals surface area contributed by atoms with Crippen molar-refractivity contribution in [1.82, 2.24) is 5.32 Å². The number of nitrogens with one attached hydrogen (secondary N) is 1. The molecule has 4 heteroatoms. The zero-order chi connectivity index (χ0) is 16.3. The molecule has 0 heterocycles. The Morgan fingerprint density at radius 2 is 1.86 bits per heavy atom. The number of rotatable bonds is 6. The van der Waals surface area contributed by atoms with E-state index in [2.05, 4.69) is 48.1 Å². The molecule has 0 aromatic heterocycles. The molecule has 0 fully saturated rings. The molecule has 0 aliphatic carbocycles. The fraction of sp³-hybridized carbons (Fsp3) is 0.647. The summed E-state index contributed by atoms with van der Waals surface area (Å²) in [4.78, 5) is 0. The topological polar surface area (TPSA) is 41.5 Å². The molecule has 3 nitrogen and oxygen atoms in total. The molecule has 1 aromatic carbocycles. The van der Waals surface area contributed by atoms with Crippen LogP contribution in [0.15, 0.2) is 16.6 Å². The summed E-state index contributed by atoms with van der Waals surface area (Å²) in [7, 11) is 0. The van der Waals surface area contributed by atoms with Crippen molar-refractivity contribution in [3.05, 3.63) is 27.7 Å².